The van der Waals surface area contributed by atoms with Gasteiger partial charge in [0.25, 0.3) is 0 Å². The molecule has 1 aliphatic rings. The minimum Gasteiger partial charge on any atom is -0.460 e. The normalized spacial score (nSPS) is 18.2. The average Bonchev–Trinajstić information content (AvgIpc) is 3.16. The first kappa shape index (κ1) is 28.0. The van der Waals surface area contributed by atoms with Crippen molar-refractivity contribution in [2.75, 3.05) is 13.2 Å². The molecule has 0 bridgehead atoms. The quantitative estimate of drug-likeness (QED) is 0.159. The molecule has 188 valence electrons. The Kier molecular flexibility index (Phi) is 9.87. The van der Waals surface area contributed by atoms with E-state index in [-0.39, 0.29) is 26.2 Å². The highest BCUT2D eigenvalue weighted by atomic mass is 35.6. The van der Waals surface area contributed by atoms with Gasteiger partial charge in [-0.15, -0.1) is 0 Å². The third-order valence-electron chi connectivity index (χ3n) is 4.45. The summed E-state index contributed by atoms with van der Waals surface area (Å²) in [5.41, 5.74) is -0.0686. The number of carbonyl (C=O) groups excluding carboxylic acids is 3. The van der Waals surface area contributed by atoms with Crippen LogP contribution < -0.4 is 0 Å². The largest absolute Gasteiger partial charge is 0.460 e. The van der Waals surface area contributed by atoms with E-state index in [1.165, 1.54) is 11.0 Å². The Balaban J connectivity index is 2.29. The highest BCUT2D eigenvalue weighted by molar-refractivity contribution is 6.66. The fourth-order valence-corrected chi connectivity index (χ4v) is 3.33. The lowest BCUT2D eigenvalue weighted by Crippen LogP contribution is -2.45. The number of alkyl halides is 3. The minimum atomic E-state index is -2.35. The summed E-state index contributed by atoms with van der Waals surface area (Å²) in [6.45, 7) is 8.39. The van der Waals surface area contributed by atoms with Crippen molar-refractivity contribution in [2.24, 2.45) is 0 Å². The maximum atomic E-state index is 12.8. The van der Waals surface area contributed by atoms with E-state index in [0.717, 1.165) is 10.6 Å². The van der Waals surface area contributed by atoms with Crippen molar-refractivity contribution in [1.29, 1.82) is 0 Å². The minimum absolute atomic E-state index is 0.0235. The monoisotopic (exact) mass is 536 g/mol. The summed E-state index contributed by atoms with van der Waals surface area (Å²) >= 11 is 16.9. The van der Waals surface area contributed by atoms with E-state index in [0.29, 0.717) is 0 Å². The lowest BCUT2D eigenvalue weighted by molar-refractivity contribution is -0.169. The van der Waals surface area contributed by atoms with Crippen molar-refractivity contribution in [3.05, 3.63) is 48.6 Å². The van der Waals surface area contributed by atoms with Gasteiger partial charge >= 0.3 is 22.1 Å². The van der Waals surface area contributed by atoms with E-state index in [1.54, 1.807) is 45.0 Å². The number of hydroxylamine groups is 2. The maximum absolute atomic E-state index is 12.8. The average molecular weight is 538 g/mol. The molecular formula is C22H27Cl3N2O7. The Morgan fingerprint density at radius 3 is 2.35 bits per heavy atom. The first-order valence-corrected chi connectivity index (χ1v) is 11.5. The van der Waals surface area contributed by atoms with Crippen molar-refractivity contribution in [2.45, 2.75) is 55.5 Å². The van der Waals surface area contributed by atoms with Crippen LogP contribution in [0, 0.1) is 0 Å². The van der Waals surface area contributed by atoms with Crippen molar-refractivity contribution in [3.8, 4) is 0 Å². The predicted molar refractivity (Wildman–Crippen MR) is 126 cm³/mol. The van der Waals surface area contributed by atoms with Gasteiger partial charge in [0.2, 0.25) is 0 Å². The first-order valence-electron chi connectivity index (χ1n) is 10.3. The summed E-state index contributed by atoms with van der Waals surface area (Å²) in [5, 5.41) is 0.854. The Labute approximate surface area is 213 Å². The van der Waals surface area contributed by atoms with Gasteiger partial charge in [0.15, 0.2) is 0 Å². The molecule has 34 heavy (non-hydrogen) atoms. The third-order valence-corrected chi connectivity index (χ3v) is 4.68. The Morgan fingerprint density at radius 1 is 1.15 bits per heavy atom. The molecule has 9 nitrogen and oxygen atoms in total. The number of ether oxygens (including phenoxy) is 3. The van der Waals surface area contributed by atoms with Gasteiger partial charge in [-0.05, 0) is 61.1 Å². The van der Waals surface area contributed by atoms with Gasteiger partial charge in [-0.2, -0.15) is 5.06 Å². The molecule has 1 aromatic carbocycles. The van der Waals surface area contributed by atoms with Crippen molar-refractivity contribution in [3.63, 3.8) is 0 Å². The fourth-order valence-electron chi connectivity index (χ4n) is 3.14. The fraction of sp³-hybridized carbons (Fsp3) is 0.500. The van der Waals surface area contributed by atoms with Gasteiger partial charge in [0, 0.05) is 13.0 Å². The highest BCUT2D eigenvalue weighted by Gasteiger charge is 2.47. The van der Waals surface area contributed by atoms with Gasteiger partial charge < -0.3 is 14.2 Å². The van der Waals surface area contributed by atoms with Crippen LogP contribution in [0.2, 0.25) is 0 Å². The number of likely N-dealkylation sites (tertiary alicyclic amines) is 1. The van der Waals surface area contributed by atoms with Crippen LogP contribution in [0.1, 0.15) is 32.8 Å². The molecule has 2 amide bonds. The van der Waals surface area contributed by atoms with Gasteiger partial charge in [0.05, 0.1) is 6.04 Å². The van der Waals surface area contributed by atoms with Gasteiger partial charge in [-0.25, -0.2) is 14.4 Å². The number of benzene rings is 1. The molecule has 0 N–H and O–H groups in total. The van der Waals surface area contributed by atoms with Gasteiger partial charge in [0.1, 0.15) is 24.9 Å². The maximum Gasteiger partial charge on any atom is 0.437 e. The van der Waals surface area contributed by atoms with Gasteiger partial charge in [-0.1, -0.05) is 43.0 Å². The zero-order valence-corrected chi connectivity index (χ0v) is 21.3. The molecule has 0 radical (unpaired) electrons. The van der Waals surface area contributed by atoms with Crippen molar-refractivity contribution in [1.82, 2.24) is 9.96 Å². The molecule has 1 saturated heterocycles. The van der Waals surface area contributed by atoms with E-state index in [2.05, 4.69) is 6.58 Å². The smallest absolute Gasteiger partial charge is 0.437 e. The summed E-state index contributed by atoms with van der Waals surface area (Å²) in [4.78, 5) is 45.2. The molecule has 1 fully saturated rings. The number of carbonyl (C=O) groups is 3. The molecule has 0 aliphatic carbocycles. The van der Waals surface area contributed by atoms with Gasteiger partial charge in [-0.3, -0.25) is 9.74 Å². The van der Waals surface area contributed by atoms with Crippen molar-refractivity contribution >= 4 is 53.0 Å². The summed E-state index contributed by atoms with van der Waals surface area (Å²) < 4.78 is 13.0. The summed E-state index contributed by atoms with van der Waals surface area (Å²) in [6, 6.07) is 7.11. The molecule has 12 heteroatoms. The molecule has 1 aliphatic heterocycles. The lowest BCUT2D eigenvalue weighted by Gasteiger charge is -2.29. The molecule has 1 heterocycles. The van der Waals surface area contributed by atoms with E-state index in [9.17, 15) is 14.4 Å². The molecule has 1 aromatic rings. The number of rotatable bonds is 7. The molecule has 2 atom stereocenters. The number of hydrogen-bond acceptors (Lipinski definition) is 7. The molecule has 0 saturated carbocycles. The Hall–Kier alpha value is -2.20. The van der Waals surface area contributed by atoms with Crippen LogP contribution in [-0.4, -0.2) is 62.9 Å². The van der Waals surface area contributed by atoms with Crippen molar-refractivity contribution < 1.29 is 33.4 Å². The molecular weight excluding hydrogens is 511 g/mol. The third kappa shape index (κ3) is 8.87. The summed E-state index contributed by atoms with van der Waals surface area (Å²) in [7, 11) is 0. The molecule has 2 rings (SSSR count). The number of halogens is 3. The Bertz CT molecular complexity index is 871. The topological polar surface area (TPSA) is 94.6 Å². The number of esters is 1. The number of amides is 2. The van der Waals surface area contributed by atoms with Crippen LogP contribution in [0.3, 0.4) is 0 Å². The SMILES string of the molecule is C=CCOC(=O)[C@@H]1C[C@@H](N(OCc2ccccc2)C(=O)OC(Cl)(Cl)Cl)CN1C(=O)OC(C)(C)C. The van der Waals surface area contributed by atoms with Crippen LogP contribution in [0.15, 0.2) is 43.0 Å². The van der Waals surface area contributed by atoms with E-state index in [4.69, 9.17) is 53.9 Å². The first-order chi connectivity index (χ1) is 15.8. The Morgan fingerprint density at radius 2 is 1.79 bits per heavy atom. The van der Waals surface area contributed by atoms with E-state index >= 15 is 0 Å². The summed E-state index contributed by atoms with van der Waals surface area (Å²) in [6.07, 6.45) is -0.493. The van der Waals surface area contributed by atoms with Crippen LogP contribution in [0.25, 0.3) is 0 Å². The van der Waals surface area contributed by atoms with Crippen LogP contribution in [-0.2, 0) is 30.4 Å². The zero-order chi connectivity index (χ0) is 25.5. The summed E-state index contributed by atoms with van der Waals surface area (Å²) in [5.74, 6) is -0.689. The molecule has 0 aromatic heterocycles. The highest BCUT2D eigenvalue weighted by Crippen LogP contribution is 2.31. The number of hydrogen-bond donors (Lipinski definition) is 0. The van der Waals surface area contributed by atoms with E-state index in [1.807, 2.05) is 6.07 Å². The second-order valence-corrected chi connectivity index (χ2v) is 10.5. The standard InChI is InChI=1S/C22H27Cl3N2O7/c1-5-11-31-18(28)17-12-16(13-26(17)19(29)33-21(2,3)4)27(20(30)34-22(23,24)25)32-14-15-9-7-6-8-10-15/h5-10,16-17H,1,11-14H2,2-4H3/t16-,17+/m1/s1. The predicted octanol–water partition coefficient (Wildman–Crippen LogP) is 4.99. The molecule has 0 unspecified atom stereocenters. The van der Waals surface area contributed by atoms with E-state index < -0.39 is 39.8 Å². The zero-order valence-electron chi connectivity index (χ0n) is 19.0. The van der Waals surface area contributed by atoms with Crippen LogP contribution in [0.4, 0.5) is 9.59 Å². The second kappa shape index (κ2) is 12.0. The van der Waals surface area contributed by atoms with Crippen LogP contribution >= 0.6 is 34.8 Å². The lowest BCUT2D eigenvalue weighted by atomic mass is 10.1. The second-order valence-electron chi connectivity index (χ2n) is 8.36. The van der Waals surface area contributed by atoms with Crippen LogP contribution in [0.5, 0.6) is 0 Å². The molecule has 0 spiro atoms. The number of nitrogens with zero attached hydrogens (tertiary/aromatic N) is 2.